The second-order valence-corrected chi connectivity index (χ2v) is 6.31. The lowest BCUT2D eigenvalue weighted by Gasteiger charge is -2.26. The van der Waals surface area contributed by atoms with Crippen LogP contribution in [0.5, 0.6) is 5.75 Å². The number of likely N-dealkylation sites (N-methyl/N-ethyl adjacent to an activating group) is 1. The predicted molar refractivity (Wildman–Crippen MR) is 98.2 cm³/mol. The van der Waals surface area contributed by atoms with Crippen LogP contribution in [0.2, 0.25) is 0 Å². The Kier molecular flexibility index (Phi) is 8.48. The van der Waals surface area contributed by atoms with Crippen molar-refractivity contribution in [1.82, 2.24) is 15.5 Å². The van der Waals surface area contributed by atoms with Crippen LogP contribution in [0.1, 0.15) is 31.9 Å². The van der Waals surface area contributed by atoms with Crippen LogP contribution in [0.25, 0.3) is 0 Å². The van der Waals surface area contributed by atoms with Gasteiger partial charge in [0.2, 0.25) is 0 Å². The molecule has 0 aliphatic heterocycles. The van der Waals surface area contributed by atoms with Gasteiger partial charge < -0.3 is 20.3 Å². The summed E-state index contributed by atoms with van der Waals surface area (Å²) in [6.07, 6.45) is 1.14. The molecule has 0 aromatic heterocycles. The lowest BCUT2D eigenvalue weighted by atomic mass is 10.1. The quantitative estimate of drug-likeness (QED) is 0.571. The fourth-order valence-corrected chi connectivity index (χ4v) is 2.32. The van der Waals surface area contributed by atoms with Crippen LogP contribution in [0.3, 0.4) is 0 Å². The number of nitrogens with zero attached hydrogens (tertiary/aromatic N) is 2. The maximum atomic E-state index is 5.23. The molecular formula is C18H32N4O. The molecule has 23 heavy (non-hydrogen) atoms. The highest BCUT2D eigenvalue weighted by atomic mass is 16.5. The SMILES string of the molecule is CN=C(NCCC(C)C)NCC(c1ccc(OC)cc1)N(C)C. The van der Waals surface area contributed by atoms with E-state index in [2.05, 4.69) is 60.6 Å². The van der Waals surface area contributed by atoms with Gasteiger partial charge in [-0.3, -0.25) is 4.99 Å². The largest absolute Gasteiger partial charge is 0.497 e. The van der Waals surface area contributed by atoms with Crippen molar-refractivity contribution in [3.8, 4) is 5.75 Å². The first-order valence-electron chi connectivity index (χ1n) is 8.22. The highest BCUT2D eigenvalue weighted by Crippen LogP contribution is 2.20. The number of methoxy groups -OCH3 is 1. The number of hydrogen-bond acceptors (Lipinski definition) is 3. The highest BCUT2D eigenvalue weighted by Gasteiger charge is 2.14. The van der Waals surface area contributed by atoms with E-state index in [0.717, 1.165) is 31.2 Å². The molecule has 0 fully saturated rings. The maximum Gasteiger partial charge on any atom is 0.191 e. The summed E-state index contributed by atoms with van der Waals surface area (Å²) in [5, 5.41) is 6.78. The molecule has 2 N–H and O–H groups in total. The number of benzene rings is 1. The Labute approximate surface area is 141 Å². The number of ether oxygens (including phenoxy) is 1. The minimum Gasteiger partial charge on any atom is -0.497 e. The van der Waals surface area contributed by atoms with Crippen LogP contribution in [0.15, 0.2) is 29.3 Å². The normalized spacial score (nSPS) is 13.3. The van der Waals surface area contributed by atoms with Crippen molar-refractivity contribution in [3.63, 3.8) is 0 Å². The van der Waals surface area contributed by atoms with Gasteiger partial charge in [0.15, 0.2) is 5.96 Å². The summed E-state index contributed by atoms with van der Waals surface area (Å²) in [5.74, 6) is 2.42. The molecular weight excluding hydrogens is 288 g/mol. The summed E-state index contributed by atoms with van der Waals surface area (Å²) in [7, 11) is 7.67. The molecule has 5 nitrogen and oxygen atoms in total. The fourth-order valence-electron chi connectivity index (χ4n) is 2.32. The Morgan fingerprint density at radius 1 is 1.17 bits per heavy atom. The third kappa shape index (κ3) is 6.91. The van der Waals surface area contributed by atoms with Crippen molar-refractivity contribution in [2.24, 2.45) is 10.9 Å². The molecule has 0 heterocycles. The standard InChI is InChI=1S/C18H32N4O/c1-14(2)11-12-20-18(19-3)21-13-17(22(4)5)15-7-9-16(23-6)10-8-15/h7-10,14,17H,11-13H2,1-6H3,(H2,19,20,21). The van der Waals surface area contributed by atoms with Crippen molar-refractivity contribution in [2.45, 2.75) is 26.3 Å². The Hall–Kier alpha value is -1.75. The third-order valence-electron chi connectivity index (χ3n) is 3.82. The second kappa shape index (κ2) is 10.1. The van der Waals surface area contributed by atoms with Crippen LogP contribution in [-0.2, 0) is 0 Å². The van der Waals surface area contributed by atoms with E-state index >= 15 is 0 Å². The van der Waals surface area contributed by atoms with Crippen molar-refractivity contribution >= 4 is 5.96 Å². The molecule has 0 saturated carbocycles. The zero-order valence-electron chi connectivity index (χ0n) is 15.4. The van der Waals surface area contributed by atoms with Gasteiger partial charge >= 0.3 is 0 Å². The molecule has 1 atom stereocenters. The molecule has 0 spiro atoms. The Morgan fingerprint density at radius 3 is 2.30 bits per heavy atom. The Balaban J connectivity index is 2.61. The topological polar surface area (TPSA) is 48.9 Å². The zero-order chi connectivity index (χ0) is 17.2. The van der Waals surface area contributed by atoms with Crippen LogP contribution >= 0.6 is 0 Å². The maximum absolute atomic E-state index is 5.23. The molecule has 1 aromatic rings. The second-order valence-electron chi connectivity index (χ2n) is 6.31. The van der Waals surface area contributed by atoms with Gasteiger partial charge in [0.1, 0.15) is 5.75 Å². The van der Waals surface area contributed by atoms with E-state index in [9.17, 15) is 0 Å². The fraction of sp³-hybridized carbons (Fsp3) is 0.611. The molecule has 0 aliphatic carbocycles. The molecule has 0 radical (unpaired) electrons. The van der Waals surface area contributed by atoms with Crippen LogP contribution in [0, 0.1) is 5.92 Å². The average Bonchev–Trinajstić information content (AvgIpc) is 2.53. The summed E-state index contributed by atoms with van der Waals surface area (Å²) < 4.78 is 5.23. The third-order valence-corrected chi connectivity index (χ3v) is 3.82. The summed E-state index contributed by atoms with van der Waals surface area (Å²) in [6.45, 7) is 6.18. The monoisotopic (exact) mass is 320 g/mol. The molecule has 0 aliphatic rings. The van der Waals surface area contributed by atoms with Gasteiger partial charge in [-0.2, -0.15) is 0 Å². The van der Waals surface area contributed by atoms with Crippen molar-refractivity contribution < 1.29 is 4.74 Å². The molecule has 1 rings (SSSR count). The highest BCUT2D eigenvalue weighted by molar-refractivity contribution is 5.79. The van der Waals surface area contributed by atoms with E-state index in [1.165, 1.54) is 5.56 Å². The van der Waals surface area contributed by atoms with Crippen LogP contribution in [-0.4, -0.2) is 52.2 Å². The average molecular weight is 320 g/mol. The van der Waals surface area contributed by atoms with Crippen LogP contribution < -0.4 is 15.4 Å². The predicted octanol–water partition coefficient (Wildman–Crippen LogP) is 2.51. The summed E-state index contributed by atoms with van der Waals surface area (Å²) in [5.41, 5.74) is 1.25. The molecule has 0 amide bonds. The van der Waals surface area contributed by atoms with Gasteiger partial charge in [-0.1, -0.05) is 26.0 Å². The first-order valence-corrected chi connectivity index (χ1v) is 8.22. The van der Waals surface area contributed by atoms with Gasteiger partial charge in [-0.15, -0.1) is 0 Å². The number of aliphatic imine (C=N–C) groups is 1. The minimum atomic E-state index is 0.268. The van der Waals surface area contributed by atoms with E-state index in [4.69, 9.17) is 4.74 Å². The van der Waals surface area contributed by atoms with Crippen molar-refractivity contribution in [2.75, 3.05) is 41.3 Å². The van der Waals surface area contributed by atoms with Crippen molar-refractivity contribution in [1.29, 1.82) is 0 Å². The van der Waals surface area contributed by atoms with Gasteiger partial charge in [0, 0.05) is 20.1 Å². The Bertz CT molecular complexity index is 468. The summed E-state index contributed by atoms with van der Waals surface area (Å²) in [6, 6.07) is 8.49. The molecule has 5 heteroatoms. The lowest BCUT2D eigenvalue weighted by molar-refractivity contribution is 0.298. The van der Waals surface area contributed by atoms with E-state index in [1.807, 2.05) is 19.2 Å². The number of guanidine groups is 1. The van der Waals surface area contributed by atoms with E-state index in [1.54, 1.807) is 7.11 Å². The van der Waals surface area contributed by atoms with Crippen molar-refractivity contribution in [3.05, 3.63) is 29.8 Å². The van der Waals surface area contributed by atoms with Gasteiger partial charge in [-0.25, -0.2) is 0 Å². The van der Waals surface area contributed by atoms with Gasteiger partial charge in [0.05, 0.1) is 13.2 Å². The number of nitrogens with one attached hydrogen (secondary N) is 2. The zero-order valence-corrected chi connectivity index (χ0v) is 15.4. The van der Waals surface area contributed by atoms with Crippen LogP contribution in [0.4, 0.5) is 0 Å². The van der Waals surface area contributed by atoms with Gasteiger partial charge in [-0.05, 0) is 44.1 Å². The molecule has 1 unspecified atom stereocenters. The Morgan fingerprint density at radius 2 is 1.83 bits per heavy atom. The first kappa shape index (κ1) is 19.3. The van der Waals surface area contributed by atoms with E-state index < -0.39 is 0 Å². The van der Waals surface area contributed by atoms with Gasteiger partial charge in [0.25, 0.3) is 0 Å². The smallest absolute Gasteiger partial charge is 0.191 e. The molecule has 0 bridgehead atoms. The first-order chi connectivity index (χ1) is 11.0. The molecule has 1 aromatic carbocycles. The lowest BCUT2D eigenvalue weighted by Crippen LogP contribution is -2.42. The minimum absolute atomic E-state index is 0.268. The van der Waals surface area contributed by atoms with E-state index in [0.29, 0.717) is 5.92 Å². The molecule has 130 valence electrons. The number of hydrogen-bond donors (Lipinski definition) is 2. The number of rotatable bonds is 8. The summed E-state index contributed by atoms with van der Waals surface area (Å²) >= 11 is 0. The molecule has 0 saturated heterocycles. The summed E-state index contributed by atoms with van der Waals surface area (Å²) in [4.78, 5) is 6.50. The van der Waals surface area contributed by atoms with E-state index in [-0.39, 0.29) is 6.04 Å².